The molecule has 0 radical (unpaired) electrons. The van der Waals surface area contributed by atoms with Crippen LogP contribution in [0, 0.1) is 0 Å². The zero-order valence-corrected chi connectivity index (χ0v) is 10.8. The van der Waals surface area contributed by atoms with Crippen molar-refractivity contribution in [2.75, 3.05) is 11.1 Å². The largest absolute Gasteiger partial charge is 0.399 e. The lowest BCUT2D eigenvalue weighted by atomic mass is 10.3. The zero-order chi connectivity index (χ0) is 13.2. The number of rotatable bonds is 1. The van der Waals surface area contributed by atoms with Crippen molar-refractivity contribution in [1.82, 2.24) is 15.0 Å². The standard InChI is InChI=1S/C13H11N5S/c14-9-5-7-10(8-6-9)15-13(19)18-12-4-2-1-3-11(12)16-17-18/h1-8H,14H2,(H,15,19). The number of para-hydroxylation sites is 1. The monoisotopic (exact) mass is 269 g/mol. The molecule has 0 unspecified atom stereocenters. The zero-order valence-electron chi connectivity index (χ0n) is 9.95. The Labute approximate surface area is 115 Å². The maximum atomic E-state index is 5.64. The van der Waals surface area contributed by atoms with E-state index in [0.717, 1.165) is 16.7 Å². The van der Waals surface area contributed by atoms with E-state index in [1.807, 2.05) is 48.5 Å². The number of nitrogens with one attached hydrogen (secondary N) is 1. The van der Waals surface area contributed by atoms with E-state index in [0.29, 0.717) is 10.8 Å². The highest BCUT2D eigenvalue weighted by Crippen LogP contribution is 2.13. The predicted molar refractivity (Wildman–Crippen MR) is 80.0 cm³/mol. The van der Waals surface area contributed by atoms with Crippen molar-refractivity contribution < 1.29 is 0 Å². The van der Waals surface area contributed by atoms with Crippen molar-refractivity contribution in [3.63, 3.8) is 0 Å². The second-order valence-electron chi connectivity index (χ2n) is 4.04. The van der Waals surface area contributed by atoms with Gasteiger partial charge in [0.1, 0.15) is 5.52 Å². The number of thiocarbonyl (C=S) groups is 1. The van der Waals surface area contributed by atoms with Crippen molar-refractivity contribution in [2.24, 2.45) is 0 Å². The summed E-state index contributed by atoms with van der Waals surface area (Å²) in [5, 5.41) is 11.7. The van der Waals surface area contributed by atoms with Gasteiger partial charge in [0, 0.05) is 11.4 Å². The predicted octanol–water partition coefficient (Wildman–Crippen LogP) is 2.26. The average Bonchev–Trinajstić information content (AvgIpc) is 2.85. The Hall–Kier alpha value is -2.47. The van der Waals surface area contributed by atoms with Gasteiger partial charge in [-0.15, -0.1) is 5.10 Å². The van der Waals surface area contributed by atoms with Crippen molar-refractivity contribution in [2.45, 2.75) is 0 Å². The maximum absolute atomic E-state index is 5.64. The van der Waals surface area contributed by atoms with E-state index in [1.165, 1.54) is 0 Å². The first-order valence-electron chi connectivity index (χ1n) is 5.71. The van der Waals surface area contributed by atoms with Crippen LogP contribution in [-0.2, 0) is 0 Å². The average molecular weight is 269 g/mol. The van der Waals surface area contributed by atoms with Crippen LogP contribution in [0.1, 0.15) is 0 Å². The van der Waals surface area contributed by atoms with E-state index in [9.17, 15) is 0 Å². The number of nitrogen functional groups attached to an aromatic ring is 1. The molecule has 3 rings (SSSR count). The Morgan fingerprint density at radius 3 is 2.63 bits per heavy atom. The Bertz CT molecular complexity index is 732. The number of fused-ring (bicyclic) bond motifs is 1. The number of hydrogen-bond acceptors (Lipinski definition) is 4. The molecule has 0 aliphatic carbocycles. The quantitative estimate of drug-likeness (QED) is 0.524. The van der Waals surface area contributed by atoms with Gasteiger partial charge in [-0.05, 0) is 48.6 Å². The van der Waals surface area contributed by atoms with Gasteiger partial charge in [-0.25, -0.2) is 0 Å². The molecule has 94 valence electrons. The molecule has 3 aromatic rings. The smallest absolute Gasteiger partial charge is 0.200 e. The Morgan fingerprint density at radius 1 is 1.11 bits per heavy atom. The van der Waals surface area contributed by atoms with Crippen molar-refractivity contribution in [3.05, 3.63) is 48.5 Å². The first kappa shape index (κ1) is 11.6. The summed E-state index contributed by atoms with van der Waals surface area (Å²) in [5.74, 6) is 0. The molecule has 19 heavy (non-hydrogen) atoms. The first-order valence-corrected chi connectivity index (χ1v) is 6.12. The number of hydrogen-bond donors (Lipinski definition) is 2. The summed E-state index contributed by atoms with van der Waals surface area (Å²) in [6.07, 6.45) is 0. The van der Waals surface area contributed by atoms with Gasteiger partial charge in [-0.2, -0.15) is 4.68 Å². The Kier molecular flexibility index (Phi) is 2.85. The fraction of sp³-hybridized carbons (Fsp3) is 0. The highest BCUT2D eigenvalue weighted by Gasteiger charge is 2.07. The van der Waals surface area contributed by atoms with E-state index < -0.39 is 0 Å². The van der Waals surface area contributed by atoms with Gasteiger partial charge in [-0.3, -0.25) is 0 Å². The fourth-order valence-corrected chi connectivity index (χ4v) is 2.01. The van der Waals surface area contributed by atoms with Gasteiger partial charge in [0.05, 0.1) is 5.52 Å². The highest BCUT2D eigenvalue weighted by atomic mass is 32.1. The molecule has 0 aliphatic heterocycles. The van der Waals surface area contributed by atoms with Crippen molar-refractivity contribution in [3.8, 4) is 0 Å². The molecule has 0 fully saturated rings. The van der Waals surface area contributed by atoms with Crippen LogP contribution in [0.25, 0.3) is 11.0 Å². The molecule has 2 aromatic carbocycles. The molecule has 0 aliphatic rings. The molecule has 0 bridgehead atoms. The lowest BCUT2D eigenvalue weighted by Crippen LogP contribution is -2.20. The molecule has 0 saturated carbocycles. The van der Waals surface area contributed by atoms with Crippen LogP contribution in [0.15, 0.2) is 48.5 Å². The molecule has 0 amide bonds. The van der Waals surface area contributed by atoms with Crippen LogP contribution in [0.4, 0.5) is 11.4 Å². The minimum atomic E-state index is 0.471. The Morgan fingerprint density at radius 2 is 1.84 bits per heavy atom. The second-order valence-corrected chi connectivity index (χ2v) is 4.43. The summed E-state index contributed by atoms with van der Waals surface area (Å²) in [6, 6.07) is 15.0. The minimum absolute atomic E-state index is 0.471. The van der Waals surface area contributed by atoms with Crippen LogP contribution in [0.2, 0.25) is 0 Å². The summed E-state index contributed by atoms with van der Waals surface area (Å²) in [5.41, 5.74) is 8.89. The molecular formula is C13H11N5S. The third-order valence-corrected chi connectivity index (χ3v) is 2.98. The number of aromatic nitrogens is 3. The molecule has 0 saturated heterocycles. The van der Waals surface area contributed by atoms with Gasteiger partial charge in [0.2, 0.25) is 5.11 Å². The van der Waals surface area contributed by atoms with Gasteiger partial charge >= 0.3 is 0 Å². The molecular weight excluding hydrogens is 258 g/mol. The van der Waals surface area contributed by atoms with E-state index in [2.05, 4.69) is 15.6 Å². The fourth-order valence-electron chi connectivity index (χ4n) is 1.76. The van der Waals surface area contributed by atoms with Crippen LogP contribution < -0.4 is 11.1 Å². The Balaban J connectivity index is 1.90. The number of anilines is 2. The molecule has 5 nitrogen and oxygen atoms in total. The van der Waals surface area contributed by atoms with Crippen LogP contribution in [-0.4, -0.2) is 20.1 Å². The number of benzene rings is 2. The van der Waals surface area contributed by atoms with E-state index in [-0.39, 0.29) is 0 Å². The van der Waals surface area contributed by atoms with Crippen molar-refractivity contribution in [1.29, 1.82) is 0 Å². The SMILES string of the molecule is Nc1ccc(NC(=S)n2nnc3ccccc32)cc1. The molecule has 6 heteroatoms. The lowest BCUT2D eigenvalue weighted by Gasteiger charge is -2.08. The summed E-state index contributed by atoms with van der Waals surface area (Å²) in [4.78, 5) is 0. The minimum Gasteiger partial charge on any atom is -0.399 e. The summed E-state index contributed by atoms with van der Waals surface area (Å²) in [7, 11) is 0. The molecule has 0 spiro atoms. The van der Waals surface area contributed by atoms with Crippen LogP contribution in [0.5, 0.6) is 0 Å². The van der Waals surface area contributed by atoms with Gasteiger partial charge in [-0.1, -0.05) is 17.3 Å². The maximum Gasteiger partial charge on any atom is 0.200 e. The molecule has 3 N–H and O–H groups in total. The van der Waals surface area contributed by atoms with Gasteiger partial charge < -0.3 is 11.1 Å². The lowest BCUT2D eigenvalue weighted by molar-refractivity contribution is 0.870. The summed E-state index contributed by atoms with van der Waals surface area (Å²) < 4.78 is 1.60. The van der Waals surface area contributed by atoms with Gasteiger partial charge in [0.15, 0.2) is 0 Å². The van der Waals surface area contributed by atoms with Crippen LogP contribution >= 0.6 is 12.2 Å². The summed E-state index contributed by atoms with van der Waals surface area (Å²) in [6.45, 7) is 0. The first-order chi connectivity index (χ1) is 9.24. The van der Waals surface area contributed by atoms with Gasteiger partial charge in [0.25, 0.3) is 0 Å². The molecule has 0 atom stereocenters. The number of nitrogens with zero attached hydrogens (tertiary/aromatic N) is 3. The van der Waals surface area contributed by atoms with E-state index >= 15 is 0 Å². The molecule has 1 heterocycles. The van der Waals surface area contributed by atoms with E-state index in [1.54, 1.807) is 4.68 Å². The normalized spacial score (nSPS) is 10.5. The highest BCUT2D eigenvalue weighted by molar-refractivity contribution is 7.80. The second kappa shape index (κ2) is 4.66. The third kappa shape index (κ3) is 2.25. The topological polar surface area (TPSA) is 68.8 Å². The number of nitrogens with two attached hydrogens (primary N) is 1. The third-order valence-electron chi connectivity index (χ3n) is 2.71. The van der Waals surface area contributed by atoms with Crippen molar-refractivity contribution >= 4 is 39.7 Å². The molecule has 1 aromatic heterocycles. The van der Waals surface area contributed by atoms with Crippen LogP contribution in [0.3, 0.4) is 0 Å². The van der Waals surface area contributed by atoms with E-state index in [4.69, 9.17) is 18.0 Å². The summed E-state index contributed by atoms with van der Waals surface area (Å²) >= 11 is 5.33.